The van der Waals surface area contributed by atoms with E-state index in [1.165, 1.54) is 0 Å². The number of fused-ring (bicyclic) bond motifs is 1. The standard InChI is InChI=1S/C15H18O4/c16-15(17)14(10-3-1-2-4-10)11-5-6-12-13(9-11)19-8-7-18-12/h5-6,9-10,14H,1-4,7-8H2,(H,16,17)/t14-/m1/s1. The Hall–Kier alpha value is -1.71. The van der Waals surface area contributed by atoms with E-state index in [0.29, 0.717) is 24.7 Å². The normalized spacial score (nSPS) is 20.2. The molecule has 3 rings (SSSR count). The summed E-state index contributed by atoms with van der Waals surface area (Å²) in [6, 6.07) is 5.53. The number of carboxylic acid groups (broad SMARTS) is 1. The Kier molecular flexibility index (Phi) is 3.32. The van der Waals surface area contributed by atoms with E-state index in [1.54, 1.807) is 0 Å². The van der Waals surface area contributed by atoms with Crippen LogP contribution >= 0.6 is 0 Å². The number of hydrogen-bond donors (Lipinski definition) is 1. The summed E-state index contributed by atoms with van der Waals surface area (Å²) in [5, 5.41) is 9.52. The molecule has 0 amide bonds. The van der Waals surface area contributed by atoms with Crippen LogP contribution in [0.2, 0.25) is 0 Å². The monoisotopic (exact) mass is 262 g/mol. The maximum atomic E-state index is 11.6. The fraction of sp³-hybridized carbons (Fsp3) is 0.533. The summed E-state index contributed by atoms with van der Waals surface area (Å²) in [6.45, 7) is 1.08. The summed E-state index contributed by atoms with van der Waals surface area (Å²) in [4.78, 5) is 11.6. The highest BCUT2D eigenvalue weighted by Gasteiger charge is 2.32. The van der Waals surface area contributed by atoms with Crippen molar-refractivity contribution >= 4 is 5.97 Å². The van der Waals surface area contributed by atoms with Crippen LogP contribution in [0.5, 0.6) is 11.5 Å². The van der Waals surface area contributed by atoms with Crippen molar-refractivity contribution < 1.29 is 19.4 Å². The molecule has 4 nitrogen and oxygen atoms in total. The van der Waals surface area contributed by atoms with Gasteiger partial charge >= 0.3 is 5.97 Å². The van der Waals surface area contributed by atoms with Crippen LogP contribution in [0.3, 0.4) is 0 Å². The van der Waals surface area contributed by atoms with Crippen LogP contribution in [0, 0.1) is 5.92 Å². The molecule has 1 N–H and O–H groups in total. The zero-order valence-electron chi connectivity index (χ0n) is 10.8. The zero-order valence-corrected chi connectivity index (χ0v) is 10.8. The molecule has 1 aromatic carbocycles. The summed E-state index contributed by atoms with van der Waals surface area (Å²) in [6.07, 6.45) is 4.29. The summed E-state index contributed by atoms with van der Waals surface area (Å²) in [5.41, 5.74) is 0.837. The van der Waals surface area contributed by atoms with Gasteiger partial charge in [-0.3, -0.25) is 4.79 Å². The van der Waals surface area contributed by atoms with Crippen molar-refractivity contribution in [1.82, 2.24) is 0 Å². The third-order valence-corrected chi connectivity index (χ3v) is 4.06. The Bertz CT molecular complexity index is 477. The van der Waals surface area contributed by atoms with E-state index in [2.05, 4.69) is 0 Å². The van der Waals surface area contributed by atoms with Gasteiger partial charge in [0.1, 0.15) is 13.2 Å². The predicted molar refractivity (Wildman–Crippen MR) is 69.8 cm³/mol. The molecule has 1 aliphatic heterocycles. The van der Waals surface area contributed by atoms with Crippen LogP contribution in [0.15, 0.2) is 18.2 Å². The lowest BCUT2D eigenvalue weighted by atomic mass is 9.85. The quantitative estimate of drug-likeness (QED) is 0.910. The number of ether oxygens (including phenoxy) is 2. The van der Waals surface area contributed by atoms with Crippen LogP contribution in [0.25, 0.3) is 0 Å². The topological polar surface area (TPSA) is 55.8 Å². The van der Waals surface area contributed by atoms with Crippen LogP contribution in [-0.2, 0) is 4.79 Å². The summed E-state index contributed by atoms with van der Waals surface area (Å²) in [7, 11) is 0. The van der Waals surface area contributed by atoms with Crippen molar-refractivity contribution in [1.29, 1.82) is 0 Å². The van der Waals surface area contributed by atoms with Crippen LogP contribution in [0.1, 0.15) is 37.2 Å². The highest BCUT2D eigenvalue weighted by molar-refractivity contribution is 5.77. The maximum Gasteiger partial charge on any atom is 0.311 e. The van der Waals surface area contributed by atoms with Gasteiger partial charge in [0, 0.05) is 0 Å². The van der Waals surface area contributed by atoms with E-state index in [-0.39, 0.29) is 5.92 Å². The van der Waals surface area contributed by atoms with E-state index < -0.39 is 11.9 Å². The minimum Gasteiger partial charge on any atom is -0.486 e. The maximum absolute atomic E-state index is 11.6. The molecule has 19 heavy (non-hydrogen) atoms. The number of aliphatic carboxylic acids is 1. The van der Waals surface area contributed by atoms with Crippen molar-refractivity contribution in [3.8, 4) is 11.5 Å². The lowest BCUT2D eigenvalue weighted by Gasteiger charge is -2.23. The SMILES string of the molecule is O=C(O)[C@@H](c1ccc2c(c1)OCCO2)C1CCCC1. The summed E-state index contributed by atoms with van der Waals surface area (Å²) in [5.74, 6) is 0.487. The van der Waals surface area contributed by atoms with E-state index in [0.717, 1.165) is 31.2 Å². The minimum atomic E-state index is -0.733. The summed E-state index contributed by atoms with van der Waals surface area (Å²) >= 11 is 0. The second-order valence-electron chi connectivity index (χ2n) is 5.26. The lowest BCUT2D eigenvalue weighted by molar-refractivity contribution is -0.140. The van der Waals surface area contributed by atoms with Crippen molar-refractivity contribution in [3.05, 3.63) is 23.8 Å². The van der Waals surface area contributed by atoms with Gasteiger partial charge < -0.3 is 14.6 Å². The first-order valence-electron chi connectivity index (χ1n) is 6.88. The number of rotatable bonds is 3. The molecular formula is C15H18O4. The molecule has 4 heteroatoms. The van der Waals surface area contributed by atoms with Gasteiger partial charge in [0.25, 0.3) is 0 Å². The smallest absolute Gasteiger partial charge is 0.311 e. The Balaban J connectivity index is 1.91. The molecule has 2 aliphatic rings. The fourth-order valence-corrected chi connectivity index (χ4v) is 3.16. The van der Waals surface area contributed by atoms with E-state index in [9.17, 15) is 9.90 Å². The van der Waals surface area contributed by atoms with Crippen LogP contribution < -0.4 is 9.47 Å². The molecule has 0 bridgehead atoms. The van der Waals surface area contributed by atoms with Crippen molar-refractivity contribution in [2.24, 2.45) is 5.92 Å². The molecule has 1 aromatic rings. The van der Waals surface area contributed by atoms with Gasteiger partial charge in [0.15, 0.2) is 11.5 Å². The van der Waals surface area contributed by atoms with Gasteiger partial charge in [-0.2, -0.15) is 0 Å². The van der Waals surface area contributed by atoms with Gasteiger partial charge in [0.05, 0.1) is 5.92 Å². The van der Waals surface area contributed by atoms with E-state index in [4.69, 9.17) is 9.47 Å². The first kappa shape index (κ1) is 12.3. The number of hydrogen-bond acceptors (Lipinski definition) is 3. The highest BCUT2D eigenvalue weighted by atomic mass is 16.6. The molecule has 1 aliphatic carbocycles. The molecule has 1 atom stereocenters. The van der Waals surface area contributed by atoms with E-state index in [1.807, 2.05) is 18.2 Å². The van der Waals surface area contributed by atoms with Gasteiger partial charge in [-0.15, -0.1) is 0 Å². The highest BCUT2D eigenvalue weighted by Crippen LogP contribution is 2.40. The zero-order chi connectivity index (χ0) is 13.2. The van der Waals surface area contributed by atoms with Gasteiger partial charge in [0.2, 0.25) is 0 Å². The van der Waals surface area contributed by atoms with Crippen LogP contribution in [-0.4, -0.2) is 24.3 Å². The fourth-order valence-electron chi connectivity index (χ4n) is 3.16. The molecule has 0 aromatic heterocycles. The average molecular weight is 262 g/mol. The predicted octanol–water partition coefficient (Wildman–Crippen LogP) is 2.82. The lowest BCUT2D eigenvalue weighted by Crippen LogP contribution is -2.21. The van der Waals surface area contributed by atoms with Crippen LogP contribution in [0.4, 0.5) is 0 Å². The second-order valence-corrected chi connectivity index (χ2v) is 5.26. The molecule has 0 radical (unpaired) electrons. The Morgan fingerprint density at radius 3 is 2.53 bits per heavy atom. The molecule has 102 valence electrons. The Morgan fingerprint density at radius 1 is 1.16 bits per heavy atom. The Labute approximate surface area is 112 Å². The molecule has 1 saturated carbocycles. The van der Waals surface area contributed by atoms with Gasteiger partial charge in [-0.1, -0.05) is 18.9 Å². The third kappa shape index (κ3) is 2.39. The molecule has 0 spiro atoms. The average Bonchev–Trinajstić information content (AvgIpc) is 2.92. The first-order chi connectivity index (χ1) is 9.25. The van der Waals surface area contributed by atoms with Crippen molar-refractivity contribution in [3.63, 3.8) is 0 Å². The second kappa shape index (κ2) is 5.11. The molecule has 1 fully saturated rings. The number of carbonyl (C=O) groups is 1. The van der Waals surface area contributed by atoms with E-state index >= 15 is 0 Å². The molecular weight excluding hydrogens is 244 g/mol. The largest absolute Gasteiger partial charge is 0.486 e. The van der Waals surface area contributed by atoms with Crippen molar-refractivity contribution in [2.75, 3.05) is 13.2 Å². The molecule has 0 unspecified atom stereocenters. The third-order valence-electron chi connectivity index (χ3n) is 4.06. The molecule has 1 heterocycles. The minimum absolute atomic E-state index is 0.250. The first-order valence-corrected chi connectivity index (χ1v) is 6.88. The Morgan fingerprint density at radius 2 is 1.84 bits per heavy atom. The van der Waals surface area contributed by atoms with Gasteiger partial charge in [-0.25, -0.2) is 0 Å². The number of benzene rings is 1. The molecule has 0 saturated heterocycles. The van der Waals surface area contributed by atoms with Crippen molar-refractivity contribution in [2.45, 2.75) is 31.6 Å². The number of carboxylic acids is 1. The summed E-state index contributed by atoms with van der Waals surface area (Å²) < 4.78 is 11.0. The van der Waals surface area contributed by atoms with Gasteiger partial charge in [-0.05, 0) is 36.5 Å².